The number of nitrogens with zero attached hydrogens (tertiary/aromatic N) is 1. The monoisotopic (exact) mass is 914 g/mol. The summed E-state index contributed by atoms with van der Waals surface area (Å²) in [5.74, 6) is -4.88. The third kappa shape index (κ3) is 13.4. The summed E-state index contributed by atoms with van der Waals surface area (Å²) in [6, 6.07) is -2.00. The van der Waals surface area contributed by atoms with E-state index in [4.69, 9.17) is 18.9 Å². The van der Waals surface area contributed by atoms with E-state index >= 15 is 0 Å². The van der Waals surface area contributed by atoms with Crippen molar-refractivity contribution >= 4 is 29.2 Å². The first-order chi connectivity index (χ1) is 30.7. The van der Waals surface area contributed by atoms with E-state index in [1.807, 2.05) is 51.2 Å². The molecule has 0 aromatic rings. The molecule has 0 spiro atoms. The fraction of sp³-hybridized carbons (Fsp3) is 0.745. The molecule has 2 unspecified atom stereocenters. The molecule has 0 aromatic carbocycles. The van der Waals surface area contributed by atoms with Gasteiger partial charge in [0.2, 0.25) is 5.60 Å². The molecule has 4 N–H and O–H groups in total. The lowest BCUT2D eigenvalue weighted by molar-refractivity contribution is -0.211. The molecule has 65 heavy (non-hydrogen) atoms. The lowest BCUT2D eigenvalue weighted by Gasteiger charge is -2.57. The number of aliphatic hydroxyl groups is 4. The molecule has 14 heteroatoms. The Morgan fingerprint density at radius 1 is 0.815 bits per heavy atom. The number of Topliss-reactive ketones (excluding diaryl/α,β-unsaturated/α-hetero) is 3. The van der Waals surface area contributed by atoms with Crippen LogP contribution in [0, 0.1) is 35.5 Å². The van der Waals surface area contributed by atoms with Gasteiger partial charge in [0.1, 0.15) is 30.1 Å². The molecule has 16 atom stereocenters. The van der Waals surface area contributed by atoms with Crippen LogP contribution in [0.2, 0.25) is 0 Å². The molecule has 0 radical (unpaired) electrons. The number of cyclic esters (lactones) is 1. The van der Waals surface area contributed by atoms with E-state index in [2.05, 4.69) is 0 Å². The predicted molar refractivity (Wildman–Crippen MR) is 245 cm³/mol. The maximum Gasteiger partial charge on any atom is 0.329 e. The molecule has 4 aliphatic rings. The summed E-state index contributed by atoms with van der Waals surface area (Å²) in [6.45, 7) is 12.6. The summed E-state index contributed by atoms with van der Waals surface area (Å²) in [6.07, 6.45) is 10.1. The fourth-order valence-corrected chi connectivity index (χ4v) is 10.5. The van der Waals surface area contributed by atoms with Gasteiger partial charge in [-0.2, -0.15) is 0 Å². The minimum atomic E-state index is -2.31. The summed E-state index contributed by atoms with van der Waals surface area (Å²) in [5, 5.41) is 44.7. The van der Waals surface area contributed by atoms with Crippen LogP contribution in [0.15, 0.2) is 47.6 Å². The number of carbonyl (C=O) groups is 5. The van der Waals surface area contributed by atoms with Crippen LogP contribution in [0.5, 0.6) is 0 Å². The van der Waals surface area contributed by atoms with Gasteiger partial charge in [-0.05, 0) is 107 Å². The number of hydrogen-bond donors (Lipinski definition) is 4. The van der Waals surface area contributed by atoms with E-state index < -0.39 is 89.7 Å². The molecular weight excluding hydrogens is 835 g/mol. The number of piperidine rings is 1. The molecule has 2 saturated heterocycles. The van der Waals surface area contributed by atoms with E-state index in [0.29, 0.717) is 44.1 Å². The van der Waals surface area contributed by atoms with Gasteiger partial charge in [0, 0.05) is 51.9 Å². The Morgan fingerprint density at radius 2 is 1.52 bits per heavy atom. The van der Waals surface area contributed by atoms with Gasteiger partial charge in [-0.15, -0.1) is 0 Å². The number of allylic oxidation sites excluding steroid dienone is 6. The SMILES string of the molecule is CO[C@H]1CC(O)CC[C@@H](C)C(=O)[C@]2(O)C(=O)N3C2CCC[C@H]3C(=O)O[C@H]([C@H](C)C[C@@H]2CC[C@@H](O)[C@H](OC)C2)CC(=O)[C@H](C)/C=C(/C)[C@@H](O)[C@@H](OC)C(=O)[C@H](C)C[C@H](C)\C=C/C=C\C=C/1C. The van der Waals surface area contributed by atoms with Crippen LogP contribution in [-0.4, -0.2) is 136 Å². The number of carbonyl (C=O) groups excluding carboxylic acids is 5. The summed E-state index contributed by atoms with van der Waals surface area (Å²) in [4.78, 5) is 71.0. The topological polar surface area (TPSA) is 206 Å². The first kappa shape index (κ1) is 54.2. The second-order valence-corrected chi connectivity index (χ2v) is 19.8. The highest BCUT2D eigenvalue weighted by Crippen LogP contribution is 2.44. The second-order valence-electron chi connectivity index (χ2n) is 19.8. The van der Waals surface area contributed by atoms with Crippen molar-refractivity contribution < 1.29 is 63.3 Å². The van der Waals surface area contributed by atoms with Gasteiger partial charge in [0.25, 0.3) is 5.91 Å². The molecule has 1 aliphatic carbocycles. The number of ether oxygens (including phenoxy) is 4. The normalized spacial score (nSPS) is 41.4. The Bertz CT molecular complexity index is 1770. The number of hydrogen-bond acceptors (Lipinski definition) is 13. The maximum atomic E-state index is 14.2. The standard InChI is InChI=1S/C51H79NO13/c1-29-15-12-11-13-16-30(2)41(62-8)27-37(53)21-19-31(3)48(58)51(61)44-18-14-17-38(52(44)50(51)60)49(59)65-42(33(5)25-36-20-22-39(54)43(26-36)63-9)28-40(55)32(4)24-35(7)46(57)47(64-10)45(56)34(6)23-29/h11-13,15-16,24,29,31-34,36-39,41-44,46-47,53-54,57,61H,14,17-23,25-28H2,1-10H3/b13-11-,15-12-,30-16-,35-24-/t29-,31-,32-,33-,34-,36+,37?,38+,39-,41+,42+,43-,44?,46-,47+,51+/m1/s1. The van der Waals surface area contributed by atoms with Crippen LogP contribution in [0.1, 0.15) is 126 Å². The number of methoxy groups -OCH3 is 3. The van der Waals surface area contributed by atoms with Crippen molar-refractivity contribution in [2.75, 3.05) is 21.3 Å². The van der Waals surface area contributed by atoms with Crippen LogP contribution in [-0.2, 0) is 42.9 Å². The first-order valence-electron chi connectivity index (χ1n) is 23.9. The van der Waals surface area contributed by atoms with Gasteiger partial charge in [0.05, 0.1) is 30.5 Å². The van der Waals surface area contributed by atoms with Gasteiger partial charge < -0.3 is 44.3 Å². The number of aliphatic hydroxyl groups excluding tert-OH is 3. The molecule has 3 fully saturated rings. The minimum absolute atomic E-state index is 0.0188. The van der Waals surface area contributed by atoms with E-state index in [1.165, 1.54) is 12.0 Å². The Hall–Kier alpha value is -3.37. The molecule has 4 rings (SSSR count). The van der Waals surface area contributed by atoms with Crippen molar-refractivity contribution in [3.05, 3.63) is 47.6 Å². The van der Waals surface area contributed by atoms with Gasteiger partial charge in [-0.3, -0.25) is 19.2 Å². The van der Waals surface area contributed by atoms with E-state index in [-0.39, 0.29) is 67.5 Å². The lowest BCUT2D eigenvalue weighted by Crippen LogP contribution is -2.81. The molecular formula is C51H79NO13. The lowest BCUT2D eigenvalue weighted by atomic mass is 9.69. The average molecular weight is 914 g/mol. The van der Waals surface area contributed by atoms with Crippen LogP contribution in [0.4, 0.5) is 0 Å². The highest BCUT2D eigenvalue weighted by Gasteiger charge is 2.68. The van der Waals surface area contributed by atoms with Gasteiger partial charge >= 0.3 is 5.97 Å². The second kappa shape index (κ2) is 24.6. The number of ketones is 3. The third-order valence-electron chi connectivity index (χ3n) is 14.7. The first-order valence-corrected chi connectivity index (χ1v) is 23.9. The summed E-state index contributed by atoms with van der Waals surface area (Å²) < 4.78 is 23.0. The molecule has 3 heterocycles. The molecule has 0 aromatic heterocycles. The number of esters is 1. The van der Waals surface area contributed by atoms with Crippen LogP contribution in [0.25, 0.3) is 0 Å². The van der Waals surface area contributed by atoms with E-state index in [9.17, 15) is 44.4 Å². The van der Waals surface area contributed by atoms with Crippen molar-refractivity contribution in [1.29, 1.82) is 0 Å². The zero-order valence-corrected chi connectivity index (χ0v) is 40.5. The summed E-state index contributed by atoms with van der Waals surface area (Å²) in [5.41, 5.74) is -1.05. The maximum absolute atomic E-state index is 14.2. The quantitative estimate of drug-likeness (QED) is 0.112. The molecule has 366 valence electrons. The number of fused-ring (bicyclic) bond motifs is 2. The van der Waals surface area contributed by atoms with Gasteiger partial charge in [-0.1, -0.05) is 71.1 Å². The number of rotatable bonds is 6. The van der Waals surface area contributed by atoms with Gasteiger partial charge in [-0.25, -0.2) is 4.79 Å². The summed E-state index contributed by atoms with van der Waals surface area (Å²) >= 11 is 0. The highest BCUT2D eigenvalue weighted by atomic mass is 16.5. The van der Waals surface area contributed by atoms with Crippen LogP contribution >= 0.6 is 0 Å². The zero-order chi connectivity index (χ0) is 48.3. The molecule has 14 nitrogen and oxygen atoms in total. The van der Waals surface area contributed by atoms with Gasteiger partial charge in [0.15, 0.2) is 11.6 Å². The molecule has 1 amide bonds. The third-order valence-corrected chi connectivity index (χ3v) is 14.7. The van der Waals surface area contributed by atoms with E-state index in [1.54, 1.807) is 48.0 Å². The predicted octanol–water partition coefficient (Wildman–Crippen LogP) is 5.57. The van der Waals surface area contributed by atoms with Crippen molar-refractivity contribution in [3.63, 3.8) is 0 Å². The average Bonchev–Trinajstić information content (AvgIpc) is 3.28. The Morgan fingerprint density at radius 3 is 2.18 bits per heavy atom. The Labute approximate surface area is 386 Å². The van der Waals surface area contributed by atoms with Crippen molar-refractivity contribution in [2.45, 2.75) is 186 Å². The van der Waals surface area contributed by atoms with Crippen molar-refractivity contribution in [2.24, 2.45) is 35.5 Å². The summed E-state index contributed by atoms with van der Waals surface area (Å²) in [7, 11) is 4.50. The largest absolute Gasteiger partial charge is 0.460 e. The molecule has 1 saturated carbocycles. The fourth-order valence-electron chi connectivity index (χ4n) is 10.5. The van der Waals surface area contributed by atoms with E-state index in [0.717, 1.165) is 12.0 Å². The molecule has 3 aliphatic heterocycles. The highest BCUT2D eigenvalue weighted by molar-refractivity contribution is 6.16. The Balaban J connectivity index is 1.64. The zero-order valence-electron chi connectivity index (χ0n) is 40.5. The van der Waals surface area contributed by atoms with Crippen molar-refractivity contribution in [1.82, 2.24) is 4.90 Å². The number of β-lactam (4-membered cyclic amide) rings is 1. The Kier molecular flexibility index (Phi) is 20.5. The van der Waals surface area contributed by atoms with Crippen LogP contribution < -0.4 is 0 Å². The number of amides is 1. The molecule has 2 bridgehead atoms. The van der Waals surface area contributed by atoms with Crippen molar-refractivity contribution in [3.8, 4) is 0 Å². The minimum Gasteiger partial charge on any atom is -0.460 e. The smallest absolute Gasteiger partial charge is 0.329 e. The van der Waals surface area contributed by atoms with Crippen LogP contribution in [0.3, 0.4) is 0 Å².